The third-order valence-corrected chi connectivity index (χ3v) is 2.81. The molecule has 17 heavy (non-hydrogen) atoms. The molecule has 3 nitrogen and oxygen atoms in total. The average Bonchev–Trinajstić information content (AvgIpc) is 2.67. The van der Waals surface area contributed by atoms with Crippen LogP contribution >= 0.6 is 23.2 Å². The first-order valence-corrected chi connectivity index (χ1v) is 5.59. The van der Waals surface area contributed by atoms with Crippen LogP contribution in [0.2, 0.25) is 5.15 Å². The van der Waals surface area contributed by atoms with Gasteiger partial charge in [0.15, 0.2) is 5.82 Å². The minimum absolute atomic E-state index is 0.0639. The molecule has 2 rings (SSSR count). The summed E-state index contributed by atoms with van der Waals surface area (Å²) in [4.78, 5) is 3.99. The van der Waals surface area contributed by atoms with E-state index < -0.39 is 12.1 Å². The van der Waals surface area contributed by atoms with Crippen molar-refractivity contribution in [2.45, 2.75) is 12.3 Å². The van der Waals surface area contributed by atoms with Crippen molar-refractivity contribution < 1.29 is 8.78 Å². The van der Waals surface area contributed by atoms with E-state index in [4.69, 9.17) is 23.2 Å². The van der Waals surface area contributed by atoms with Crippen molar-refractivity contribution in [1.82, 2.24) is 14.8 Å². The second-order valence-electron chi connectivity index (χ2n) is 3.19. The Balaban J connectivity index is 2.57. The monoisotopic (exact) mass is 277 g/mol. The van der Waals surface area contributed by atoms with Gasteiger partial charge in [-0.05, 0) is 12.1 Å². The molecule has 0 N–H and O–H groups in total. The number of hydrogen-bond donors (Lipinski definition) is 0. The highest BCUT2D eigenvalue weighted by atomic mass is 35.5. The van der Waals surface area contributed by atoms with E-state index in [-0.39, 0.29) is 16.6 Å². The van der Waals surface area contributed by atoms with Gasteiger partial charge in [0.05, 0.1) is 5.88 Å². The first kappa shape index (κ1) is 12.3. The molecule has 0 aliphatic rings. The molecular formula is C10H7Cl2F2N3. The molecule has 0 radical (unpaired) electrons. The molecule has 7 heteroatoms. The minimum atomic E-state index is -2.72. The van der Waals surface area contributed by atoms with Crippen molar-refractivity contribution in [3.8, 4) is 5.82 Å². The smallest absolute Gasteiger partial charge is 0.237 e. The molecular weight excluding hydrogens is 271 g/mol. The van der Waals surface area contributed by atoms with Gasteiger partial charge in [-0.25, -0.2) is 18.4 Å². The lowest BCUT2D eigenvalue weighted by molar-refractivity contribution is 0.144. The predicted octanol–water partition coefficient (Wildman–Crippen LogP) is 3.60. The van der Waals surface area contributed by atoms with E-state index in [1.807, 2.05) is 0 Å². The first-order chi connectivity index (χ1) is 8.15. The number of halogens is 4. The zero-order chi connectivity index (χ0) is 12.4. The maximum Gasteiger partial charge on any atom is 0.282 e. The number of nitrogens with zero attached hydrogens (tertiary/aromatic N) is 3. The van der Waals surface area contributed by atoms with Crippen LogP contribution < -0.4 is 0 Å². The van der Waals surface area contributed by atoms with Crippen molar-refractivity contribution in [2.75, 3.05) is 0 Å². The molecule has 0 spiro atoms. The lowest BCUT2D eigenvalue weighted by atomic mass is 10.3. The third kappa shape index (κ3) is 2.25. The number of alkyl halides is 3. The van der Waals surface area contributed by atoms with Crippen molar-refractivity contribution in [3.05, 3.63) is 40.8 Å². The van der Waals surface area contributed by atoms with Crippen LogP contribution in [-0.2, 0) is 5.88 Å². The summed E-state index contributed by atoms with van der Waals surface area (Å²) in [5.41, 5.74) is -0.273. The summed E-state index contributed by atoms with van der Waals surface area (Å²) >= 11 is 11.5. The molecule has 0 aromatic carbocycles. The zero-order valence-electron chi connectivity index (χ0n) is 8.45. The van der Waals surface area contributed by atoms with E-state index in [2.05, 4.69) is 10.1 Å². The largest absolute Gasteiger partial charge is 0.282 e. The molecule has 0 aliphatic carbocycles. The minimum Gasteiger partial charge on any atom is -0.237 e. The summed E-state index contributed by atoms with van der Waals surface area (Å²) in [6.45, 7) is 0. The Hall–Kier alpha value is -1.20. The summed E-state index contributed by atoms with van der Waals surface area (Å²) in [5.74, 6) is 0.251. The fourth-order valence-electron chi connectivity index (χ4n) is 1.38. The van der Waals surface area contributed by atoms with Crippen LogP contribution in [0.25, 0.3) is 5.82 Å². The van der Waals surface area contributed by atoms with Gasteiger partial charge in [-0.1, -0.05) is 17.7 Å². The number of aromatic nitrogens is 3. The zero-order valence-corrected chi connectivity index (χ0v) is 9.96. The van der Waals surface area contributed by atoms with Gasteiger partial charge in [-0.3, -0.25) is 0 Å². The predicted molar refractivity (Wildman–Crippen MR) is 60.9 cm³/mol. The molecule has 0 aliphatic heterocycles. The Morgan fingerprint density at radius 3 is 2.59 bits per heavy atom. The standard InChI is InChI=1S/C10H7Cl2F2N3/c11-5-6-8(10(13)14)16-17(9(6)12)7-3-1-2-4-15-7/h1-4,10H,5H2. The van der Waals surface area contributed by atoms with Gasteiger partial charge in [0, 0.05) is 11.8 Å². The van der Waals surface area contributed by atoms with Gasteiger partial charge >= 0.3 is 0 Å². The Kier molecular flexibility index (Phi) is 3.59. The summed E-state index contributed by atoms with van der Waals surface area (Å²) in [6.07, 6.45) is -1.19. The van der Waals surface area contributed by atoms with E-state index in [9.17, 15) is 8.78 Å². The van der Waals surface area contributed by atoms with Gasteiger partial charge in [0.1, 0.15) is 10.8 Å². The van der Waals surface area contributed by atoms with E-state index in [0.29, 0.717) is 5.82 Å². The molecule has 2 aromatic heterocycles. The summed E-state index contributed by atoms with van der Waals surface area (Å²) in [7, 11) is 0. The highest BCUT2D eigenvalue weighted by Crippen LogP contribution is 2.30. The Labute approximate surface area is 106 Å². The normalized spacial score (nSPS) is 11.1. The van der Waals surface area contributed by atoms with E-state index >= 15 is 0 Å². The van der Waals surface area contributed by atoms with Crippen molar-refractivity contribution in [1.29, 1.82) is 0 Å². The highest BCUT2D eigenvalue weighted by Gasteiger charge is 2.23. The topological polar surface area (TPSA) is 30.7 Å². The van der Waals surface area contributed by atoms with Gasteiger partial charge in [0.2, 0.25) is 0 Å². The maximum absolute atomic E-state index is 12.7. The van der Waals surface area contributed by atoms with Crippen molar-refractivity contribution in [3.63, 3.8) is 0 Å². The first-order valence-electron chi connectivity index (χ1n) is 4.68. The van der Waals surface area contributed by atoms with Crippen LogP contribution in [0.5, 0.6) is 0 Å². The second kappa shape index (κ2) is 4.98. The number of hydrogen-bond acceptors (Lipinski definition) is 2. The summed E-state index contributed by atoms with van der Waals surface area (Å²) < 4.78 is 26.6. The van der Waals surface area contributed by atoms with Crippen LogP contribution in [0.4, 0.5) is 8.78 Å². The second-order valence-corrected chi connectivity index (χ2v) is 3.81. The fourth-order valence-corrected chi connectivity index (χ4v) is 2.00. The molecule has 0 atom stereocenters. The Bertz CT molecular complexity index is 514. The van der Waals surface area contributed by atoms with Gasteiger partial charge in [-0.15, -0.1) is 11.6 Å². The van der Waals surface area contributed by atoms with Crippen molar-refractivity contribution >= 4 is 23.2 Å². The van der Waals surface area contributed by atoms with Crippen molar-refractivity contribution in [2.24, 2.45) is 0 Å². The molecule has 90 valence electrons. The quantitative estimate of drug-likeness (QED) is 0.803. The lowest BCUT2D eigenvalue weighted by Crippen LogP contribution is -1.99. The van der Waals surface area contributed by atoms with Gasteiger partial charge < -0.3 is 0 Å². The molecule has 0 saturated carbocycles. The molecule has 0 bridgehead atoms. The van der Waals surface area contributed by atoms with Gasteiger partial charge in [0.25, 0.3) is 6.43 Å². The molecule has 2 heterocycles. The Morgan fingerprint density at radius 1 is 1.35 bits per heavy atom. The van der Waals surface area contributed by atoms with Crippen LogP contribution in [0.15, 0.2) is 24.4 Å². The summed E-state index contributed by atoms with van der Waals surface area (Å²) in [6, 6.07) is 5.03. The highest BCUT2D eigenvalue weighted by molar-refractivity contribution is 6.31. The van der Waals surface area contributed by atoms with Crippen LogP contribution in [0.3, 0.4) is 0 Å². The Morgan fingerprint density at radius 2 is 2.12 bits per heavy atom. The number of pyridine rings is 1. The molecule has 0 fully saturated rings. The van der Waals surface area contributed by atoms with E-state index in [0.717, 1.165) is 4.68 Å². The van der Waals surface area contributed by atoms with Crippen LogP contribution in [-0.4, -0.2) is 14.8 Å². The lowest BCUT2D eigenvalue weighted by Gasteiger charge is -2.00. The molecule has 0 unspecified atom stereocenters. The average molecular weight is 278 g/mol. The summed E-state index contributed by atoms with van der Waals surface area (Å²) in [5, 5.41) is 3.80. The maximum atomic E-state index is 12.7. The van der Waals surface area contributed by atoms with Gasteiger partial charge in [-0.2, -0.15) is 5.10 Å². The van der Waals surface area contributed by atoms with E-state index in [1.54, 1.807) is 18.2 Å². The molecule has 0 saturated heterocycles. The molecule has 2 aromatic rings. The van der Waals surface area contributed by atoms with E-state index in [1.165, 1.54) is 6.20 Å². The SMILES string of the molecule is FC(F)c1nn(-c2ccccn2)c(Cl)c1CCl. The molecule has 0 amide bonds. The third-order valence-electron chi connectivity index (χ3n) is 2.16. The van der Waals surface area contributed by atoms with Crippen LogP contribution in [0, 0.1) is 0 Å². The number of rotatable bonds is 3. The fraction of sp³-hybridized carbons (Fsp3) is 0.200. The van der Waals surface area contributed by atoms with Crippen LogP contribution in [0.1, 0.15) is 17.7 Å².